The van der Waals surface area contributed by atoms with Crippen molar-refractivity contribution in [1.29, 1.82) is 0 Å². The van der Waals surface area contributed by atoms with E-state index in [0.717, 1.165) is 16.9 Å². The third kappa shape index (κ3) is 5.22. The number of hydrogen-bond acceptors (Lipinski definition) is 3. The van der Waals surface area contributed by atoms with Crippen molar-refractivity contribution < 1.29 is 14.6 Å². The molecule has 0 fully saturated rings. The fourth-order valence-electron chi connectivity index (χ4n) is 2.64. The molecule has 25 heavy (non-hydrogen) atoms. The Bertz CT molecular complexity index is 723. The third-order valence-electron chi connectivity index (χ3n) is 3.78. The Morgan fingerprint density at radius 1 is 1.20 bits per heavy atom. The predicted molar refractivity (Wildman–Crippen MR) is 101 cm³/mol. The summed E-state index contributed by atoms with van der Waals surface area (Å²) in [6.07, 6.45) is 0. The summed E-state index contributed by atoms with van der Waals surface area (Å²) in [5.41, 5.74) is 1.68. The lowest BCUT2D eigenvalue weighted by molar-refractivity contribution is 0.0501. The van der Waals surface area contributed by atoms with Crippen molar-refractivity contribution in [3.8, 4) is 16.9 Å². The first kappa shape index (κ1) is 18.8. The van der Waals surface area contributed by atoms with Gasteiger partial charge in [0.25, 0.3) is 0 Å². The van der Waals surface area contributed by atoms with Crippen molar-refractivity contribution in [2.24, 2.45) is 0 Å². The third-order valence-corrected chi connectivity index (χ3v) is 3.78. The van der Waals surface area contributed by atoms with Crippen LogP contribution in [0.3, 0.4) is 0 Å². The molecule has 134 valence electrons. The number of anilines is 1. The molecule has 0 unspecified atom stereocenters. The normalized spacial score (nSPS) is 11.1. The van der Waals surface area contributed by atoms with Crippen LogP contribution in [0, 0.1) is 0 Å². The summed E-state index contributed by atoms with van der Waals surface area (Å²) in [6.45, 7) is 6.04. The van der Waals surface area contributed by atoms with Gasteiger partial charge in [-0.1, -0.05) is 30.3 Å². The van der Waals surface area contributed by atoms with Crippen LogP contribution in [-0.4, -0.2) is 41.8 Å². The highest BCUT2D eigenvalue weighted by Crippen LogP contribution is 2.31. The molecule has 2 N–H and O–H groups in total. The largest absolute Gasteiger partial charge is 0.496 e. The van der Waals surface area contributed by atoms with Crippen LogP contribution in [0.1, 0.15) is 20.8 Å². The number of likely N-dealkylation sites (N-methyl/N-ethyl adjacent to an activating group) is 1. The second kappa shape index (κ2) is 8.03. The number of rotatable bonds is 6. The van der Waals surface area contributed by atoms with Crippen molar-refractivity contribution in [3.05, 3.63) is 48.5 Å². The summed E-state index contributed by atoms with van der Waals surface area (Å²) in [5.74, 6) is 0.781. The van der Waals surface area contributed by atoms with Crippen molar-refractivity contribution >= 4 is 11.7 Å². The van der Waals surface area contributed by atoms with Crippen molar-refractivity contribution in [1.82, 2.24) is 4.90 Å². The van der Waals surface area contributed by atoms with E-state index in [1.165, 1.54) is 0 Å². The molecule has 2 amide bonds. The monoisotopic (exact) mass is 342 g/mol. The maximum Gasteiger partial charge on any atom is 0.321 e. The predicted octanol–water partition coefficient (Wildman–Crippen LogP) is 3.99. The highest BCUT2D eigenvalue weighted by Gasteiger charge is 2.21. The fourth-order valence-corrected chi connectivity index (χ4v) is 2.64. The summed E-state index contributed by atoms with van der Waals surface area (Å²) in [6, 6.07) is 15.1. The number of hydrogen-bond donors (Lipinski definition) is 2. The number of carbonyl (C=O) groups excluding carboxylic acids is 1. The molecule has 0 saturated carbocycles. The van der Waals surface area contributed by atoms with Crippen LogP contribution in [-0.2, 0) is 0 Å². The topological polar surface area (TPSA) is 61.8 Å². The Balaban J connectivity index is 2.20. The van der Waals surface area contributed by atoms with E-state index in [4.69, 9.17) is 4.74 Å². The van der Waals surface area contributed by atoms with E-state index in [9.17, 15) is 9.90 Å². The van der Waals surface area contributed by atoms with Crippen LogP contribution in [0.15, 0.2) is 48.5 Å². The molecule has 0 aliphatic heterocycles. The molecule has 0 aromatic heterocycles. The molecule has 0 saturated heterocycles. The Morgan fingerprint density at radius 2 is 1.92 bits per heavy atom. The van der Waals surface area contributed by atoms with Gasteiger partial charge in [0.2, 0.25) is 0 Å². The Hall–Kier alpha value is -2.53. The second-order valence-corrected chi connectivity index (χ2v) is 6.54. The van der Waals surface area contributed by atoms with Crippen LogP contribution < -0.4 is 10.1 Å². The zero-order valence-corrected chi connectivity index (χ0v) is 15.2. The minimum absolute atomic E-state index is 0.234. The number of amides is 2. The van der Waals surface area contributed by atoms with Crippen LogP contribution in [0.4, 0.5) is 10.5 Å². The molecule has 0 bridgehead atoms. The summed E-state index contributed by atoms with van der Waals surface area (Å²) in [4.78, 5) is 14.1. The number of benzene rings is 2. The molecule has 0 heterocycles. The lowest BCUT2D eigenvalue weighted by Gasteiger charge is -2.28. The number of nitrogens with one attached hydrogen (secondary N) is 1. The Morgan fingerprint density at radius 3 is 2.56 bits per heavy atom. The molecular formula is C20H26N2O3. The van der Waals surface area contributed by atoms with Crippen LogP contribution >= 0.6 is 0 Å². The van der Waals surface area contributed by atoms with Crippen molar-refractivity contribution in [2.75, 3.05) is 25.5 Å². The standard InChI is InChI=1S/C20H26N2O3/c1-5-22(14-20(2,3)24)19(23)21-16-10-8-9-15(13-16)17-11-6-7-12-18(17)25-4/h6-13,24H,5,14H2,1-4H3,(H,21,23). The van der Waals surface area contributed by atoms with E-state index in [1.54, 1.807) is 25.9 Å². The zero-order chi connectivity index (χ0) is 18.4. The van der Waals surface area contributed by atoms with Gasteiger partial charge in [-0.15, -0.1) is 0 Å². The number of aliphatic hydroxyl groups is 1. The number of methoxy groups -OCH3 is 1. The average molecular weight is 342 g/mol. The number of urea groups is 1. The highest BCUT2D eigenvalue weighted by molar-refractivity contribution is 5.90. The maximum atomic E-state index is 12.5. The number of ether oxygens (including phenoxy) is 1. The first-order chi connectivity index (χ1) is 11.8. The minimum atomic E-state index is -0.938. The van der Waals surface area contributed by atoms with Crippen LogP contribution in [0.5, 0.6) is 5.75 Å². The van der Waals surface area contributed by atoms with E-state index in [0.29, 0.717) is 12.2 Å². The molecule has 2 aromatic rings. The first-order valence-corrected chi connectivity index (χ1v) is 8.36. The van der Waals surface area contributed by atoms with Gasteiger partial charge in [0.1, 0.15) is 5.75 Å². The highest BCUT2D eigenvalue weighted by atomic mass is 16.5. The number of nitrogens with zero attached hydrogens (tertiary/aromatic N) is 1. The van der Waals surface area contributed by atoms with E-state index in [-0.39, 0.29) is 12.6 Å². The SMILES string of the molecule is CCN(CC(C)(C)O)C(=O)Nc1cccc(-c2ccccc2OC)c1. The molecule has 0 radical (unpaired) electrons. The van der Waals surface area contributed by atoms with Crippen molar-refractivity contribution in [3.63, 3.8) is 0 Å². The minimum Gasteiger partial charge on any atom is -0.496 e. The lowest BCUT2D eigenvalue weighted by atomic mass is 10.0. The molecule has 0 aliphatic carbocycles. The van der Waals surface area contributed by atoms with E-state index in [1.807, 2.05) is 55.5 Å². The number of carbonyl (C=O) groups is 1. The van der Waals surface area contributed by atoms with E-state index < -0.39 is 5.60 Å². The van der Waals surface area contributed by atoms with E-state index >= 15 is 0 Å². The smallest absolute Gasteiger partial charge is 0.321 e. The fraction of sp³-hybridized carbons (Fsp3) is 0.350. The average Bonchev–Trinajstić information content (AvgIpc) is 2.59. The Labute approximate surface area is 149 Å². The molecule has 5 heteroatoms. The molecule has 2 aromatic carbocycles. The zero-order valence-electron chi connectivity index (χ0n) is 15.2. The van der Waals surface area contributed by atoms with Gasteiger partial charge in [-0.3, -0.25) is 0 Å². The van der Waals surface area contributed by atoms with Gasteiger partial charge < -0.3 is 20.1 Å². The molecule has 2 rings (SSSR count). The Kier molecular flexibility index (Phi) is 6.04. The van der Waals surface area contributed by atoms with Gasteiger partial charge in [-0.05, 0) is 44.5 Å². The van der Waals surface area contributed by atoms with Gasteiger partial charge in [0.15, 0.2) is 0 Å². The van der Waals surface area contributed by atoms with Gasteiger partial charge in [-0.2, -0.15) is 0 Å². The summed E-state index contributed by atoms with van der Waals surface area (Å²) >= 11 is 0. The molecule has 5 nitrogen and oxygen atoms in total. The van der Waals surface area contributed by atoms with Crippen LogP contribution in [0.25, 0.3) is 11.1 Å². The van der Waals surface area contributed by atoms with Gasteiger partial charge in [-0.25, -0.2) is 4.79 Å². The molecular weight excluding hydrogens is 316 g/mol. The molecule has 0 aliphatic rings. The van der Waals surface area contributed by atoms with Gasteiger partial charge >= 0.3 is 6.03 Å². The lowest BCUT2D eigenvalue weighted by Crippen LogP contribution is -2.44. The first-order valence-electron chi connectivity index (χ1n) is 8.36. The summed E-state index contributed by atoms with van der Waals surface area (Å²) < 4.78 is 5.41. The number of para-hydroxylation sites is 1. The summed E-state index contributed by atoms with van der Waals surface area (Å²) in [5, 5.41) is 12.8. The quantitative estimate of drug-likeness (QED) is 0.834. The van der Waals surface area contributed by atoms with Gasteiger partial charge in [0.05, 0.1) is 19.3 Å². The molecule has 0 atom stereocenters. The summed E-state index contributed by atoms with van der Waals surface area (Å²) in [7, 11) is 1.64. The molecule has 0 spiro atoms. The maximum absolute atomic E-state index is 12.5. The second-order valence-electron chi connectivity index (χ2n) is 6.54. The van der Waals surface area contributed by atoms with E-state index in [2.05, 4.69) is 5.32 Å². The van der Waals surface area contributed by atoms with Crippen molar-refractivity contribution in [2.45, 2.75) is 26.4 Å². The van der Waals surface area contributed by atoms with Crippen LogP contribution in [0.2, 0.25) is 0 Å². The van der Waals surface area contributed by atoms with Gasteiger partial charge in [0, 0.05) is 17.8 Å².